The van der Waals surface area contributed by atoms with Gasteiger partial charge in [-0.3, -0.25) is 4.98 Å². The number of likely N-dealkylation sites (N-methyl/N-ethyl adjacent to an activating group) is 1. The maximum absolute atomic E-state index is 13.1. The molecule has 3 heterocycles. The summed E-state index contributed by atoms with van der Waals surface area (Å²) in [6.45, 7) is 4.05. The van der Waals surface area contributed by atoms with Crippen molar-refractivity contribution in [3.8, 4) is 17.0 Å². The van der Waals surface area contributed by atoms with E-state index in [0.29, 0.717) is 22.9 Å². The molecule has 1 atom stereocenters. The van der Waals surface area contributed by atoms with Crippen LogP contribution in [-0.4, -0.2) is 47.1 Å². The first kappa shape index (κ1) is 26.7. The van der Waals surface area contributed by atoms with E-state index in [9.17, 15) is 8.78 Å². The number of halogens is 2. The van der Waals surface area contributed by atoms with Gasteiger partial charge in [-0.1, -0.05) is 23.8 Å². The molecule has 37 heavy (non-hydrogen) atoms. The molecule has 1 aliphatic carbocycles. The number of hydrogen-bond donors (Lipinski definition) is 1. The van der Waals surface area contributed by atoms with Gasteiger partial charge in [-0.15, -0.1) is 0 Å². The molecule has 8 heteroatoms. The molecule has 6 nitrogen and oxygen atoms in total. The minimum Gasteiger partial charge on any atom is -0.495 e. The molecule has 196 valence electrons. The van der Waals surface area contributed by atoms with Gasteiger partial charge in [-0.2, -0.15) is 0 Å². The van der Waals surface area contributed by atoms with Crippen LogP contribution in [-0.2, 0) is 0 Å². The number of alkyl halides is 2. The van der Waals surface area contributed by atoms with Gasteiger partial charge < -0.3 is 15.0 Å². The van der Waals surface area contributed by atoms with Crippen LogP contribution < -0.4 is 10.1 Å². The quantitative estimate of drug-likeness (QED) is 0.357. The molecule has 1 unspecified atom stereocenters. The van der Waals surface area contributed by atoms with E-state index in [2.05, 4.69) is 35.2 Å². The molecule has 0 amide bonds. The Labute approximate surface area is 217 Å². The van der Waals surface area contributed by atoms with E-state index in [-0.39, 0.29) is 11.5 Å². The number of allylic oxidation sites excluding steroid dienone is 2. The maximum Gasteiger partial charge on any atom is 0.263 e. The van der Waals surface area contributed by atoms with Crippen LogP contribution in [0, 0.1) is 0 Å². The summed E-state index contributed by atoms with van der Waals surface area (Å²) in [5.41, 5.74) is 3.67. The molecule has 3 aromatic rings. The van der Waals surface area contributed by atoms with E-state index in [1.54, 1.807) is 37.2 Å². The highest BCUT2D eigenvalue weighted by Gasteiger charge is 2.23. The van der Waals surface area contributed by atoms with Gasteiger partial charge in [0, 0.05) is 41.5 Å². The summed E-state index contributed by atoms with van der Waals surface area (Å²) < 4.78 is 31.5. The Hall–Kier alpha value is -3.39. The normalized spacial score (nSPS) is 17.5. The van der Waals surface area contributed by atoms with Gasteiger partial charge in [0.25, 0.3) is 6.43 Å². The van der Waals surface area contributed by atoms with Gasteiger partial charge in [-0.25, -0.2) is 18.7 Å². The standard InChI is InChI=1S/C23H25F2N5O.C6H10/c1-30-8-4-6-16(14-30)23-28-20(17-10-19(31-2)13-26-12-17)11-21(29-23)27-18-7-3-5-15(9-18)22(24)25;1-2-6-4-3-5-6/h3,5,7,9-13,16,22H,4,6,8,14H2,1-2H3,(H,27,28,29);2H,3-5H2,1H3. The van der Waals surface area contributed by atoms with Crippen molar-refractivity contribution in [3.05, 3.63) is 71.8 Å². The molecule has 1 N–H and O–H groups in total. The molecule has 2 fully saturated rings. The number of benzene rings is 1. The Morgan fingerprint density at radius 1 is 1.11 bits per heavy atom. The molecule has 2 aliphatic rings. The highest BCUT2D eigenvalue weighted by Crippen LogP contribution is 2.30. The van der Waals surface area contributed by atoms with Crippen LogP contribution in [0.4, 0.5) is 20.3 Å². The minimum absolute atomic E-state index is 0.0367. The van der Waals surface area contributed by atoms with E-state index >= 15 is 0 Å². The topological polar surface area (TPSA) is 63.2 Å². The van der Waals surface area contributed by atoms with Gasteiger partial charge in [0.15, 0.2) is 0 Å². The van der Waals surface area contributed by atoms with E-state index < -0.39 is 6.43 Å². The van der Waals surface area contributed by atoms with Crippen molar-refractivity contribution in [1.82, 2.24) is 19.9 Å². The molecule has 0 spiro atoms. The Morgan fingerprint density at radius 3 is 2.59 bits per heavy atom. The lowest BCUT2D eigenvalue weighted by Crippen LogP contribution is -2.31. The lowest BCUT2D eigenvalue weighted by Gasteiger charge is -2.29. The Morgan fingerprint density at radius 2 is 1.95 bits per heavy atom. The van der Waals surface area contributed by atoms with Crippen LogP contribution in [0.25, 0.3) is 11.3 Å². The molecule has 1 saturated heterocycles. The van der Waals surface area contributed by atoms with Crippen LogP contribution in [0.1, 0.15) is 62.8 Å². The summed E-state index contributed by atoms with van der Waals surface area (Å²) in [7, 11) is 3.68. The third-order valence-electron chi connectivity index (χ3n) is 6.79. The number of nitrogens with one attached hydrogen (secondary N) is 1. The fourth-order valence-electron chi connectivity index (χ4n) is 4.48. The van der Waals surface area contributed by atoms with Crippen LogP contribution >= 0.6 is 0 Å². The predicted octanol–water partition coefficient (Wildman–Crippen LogP) is 7.15. The van der Waals surface area contributed by atoms with Gasteiger partial charge in [-0.05, 0) is 70.8 Å². The third-order valence-corrected chi connectivity index (χ3v) is 6.79. The van der Waals surface area contributed by atoms with E-state index in [1.165, 1.54) is 31.4 Å². The molecule has 1 saturated carbocycles. The monoisotopic (exact) mass is 507 g/mol. The Bertz CT molecular complexity index is 1210. The number of methoxy groups -OCH3 is 1. The molecular formula is C29H35F2N5O. The maximum atomic E-state index is 13.1. The highest BCUT2D eigenvalue weighted by atomic mass is 19.3. The molecule has 1 aromatic carbocycles. The molecule has 0 radical (unpaired) electrons. The Balaban J connectivity index is 0.000000469. The van der Waals surface area contributed by atoms with Crippen molar-refractivity contribution in [3.63, 3.8) is 0 Å². The SMILES string of the molecule is CC=C1CCC1.COc1cncc(-c2cc(Nc3cccc(C(F)F)c3)nc(C3CCCN(C)C3)n2)c1. The second kappa shape index (κ2) is 12.7. The summed E-state index contributed by atoms with van der Waals surface area (Å²) in [6.07, 6.45) is 9.31. The number of anilines is 2. The number of pyridine rings is 1. The molecule has 0 bridgehead atoms. The van der Waals surface area contributed by atoms with E-state index in [4.69, 9.17) is 14.7 Å². The average Bonchev–Trinajstić information content (AvgIpc) is 2.88. The number of aromatic nitrogens is 3. The first-order valence-corrected chi connectivity index (χ1v) is 12.8. The number of likely N-dealkylation sites (tertiary alicyclic amines) is 1. The smallest absolute Gasteiger partial charge is 0.263 e. The van der Waals surface area contributed by atoms with Crippen LogP contribution in [0.15, 0.2) is 60.4 Å². The zero-order chi connectivity index (χ0) is 26.2. The fraction of sp³-hybridized carbons (Fsp3) is 0.414. The fourth-order valence-corrected chi connectivity index (χ4v) is 4.48. The van der Waals surface area contributed by atoms with Crippen molar-refractivity contribution in [2.75, 3.05) is 32.6 Å². The van der Waals surface area contributed by atoms with Gasteiger partial charge in [0.1, 0.15) is 17.4 Å². The summed E-state index contributed by atoms with van der Waals surface area (Å²) in [6, 6.07) is 9.87. The zero-order valence-electron chi connectivity index (χ0n) is 21.8. The van der Waals surface area contributed by atoms with Gasteiger partial charge in [0.2, 0.25) is 0 Å². The number of nitrogens with zero attached hydrogens (tertiary/aromatic N) is 4. The van der Waals surface area contributed by atoms with Gasteiger partial charge >= 0.3 is 0 Å². The van der Waals surface area contributed by atoms with Crippen molar-refractivity contribution < 1.29 is 13.5 Å². The second-order valence-electron chi connectivity index (χ2n) is 9.56. The van der Waals surface area contributed by atoms with Crippen LogP contribution in [0.3, 0.4) is 0 Å². The number of rotatable bonds is 6. The summed E-state index contributed by atoms with van der Waals surface area (Å²) in [5.74, 6) is 2.13. The summed E-state index contributed by atoms with van der Waals surface area (Å²) >= 11 is 0. The predicted molar refractivity (Wildman–Crippen MR) is 144 cm³/mol. The third kappa shape index (κ3) is 7.32. The molecular weight excluding hydrogens is 472 g/mol. The number of piperidine rings is 1. The van der Waals surface area contributed by atoms with Crippen LogP contribution in [0.5, 0.6) is 5.75 Å². The van der Waals surface area contributed by atoms with Crippen molar-refractivity contribution in [1.29, 1.82) is 0 Å². The lowest BCUT2D eigenvalue weighted by atomic mass is 9.93. The molecule has 1 aliphatic heterocycles. The zero-order valence-corrected chi connectivity index (χ0v) is 21.8. The average molecular weight is 508 g/mol. The summed E-state index contributed by atoms with van der Waals surface area (Å²) in [5, 5.41) is 3.18. The lowest BCUT2D eigenvalue weighted by molar-refractivity contribution is 0.151. The first-order chi connectivity index (χ1) is 17.9. The number of ether oxygens (including phenoxy) is 1. The highest BCUT2D eigenvalue weighted by molar-refractivity contribution is 5.66. The Kier molecular flexibility index (Phi) is 9.17. The van der Waals surface area contributed by atoms with E-state index in [0.717, 1.165) is 37.3 Å². The molecule has 5 rings (SSSR count). The van der Waals surface area contributed by atoms with Crippen LogP contribution in [0.2, 0.25) is 0 Å². The largest absolute Gasteiger partial charge is 0.495 e. The van der Waals surface area contributed by atoms with Crippen molar-refractivity contribution >= 4 is 11.5 Å². The molecule has 2 aromatic heterocycles. The second-order valence-corrected chi connectivity index (χ2v) is 9.56. The van der Waals surface area contributed by atoms with Crippen molar-refractivity contribution in [2.45, 2.75) is 51.4 Å². The van der Waals surface area contributed by atoms with Crippen molar-refractivity contribution in [2.24, 2.45) is 0 Å². The van der Waals surface area contributed by atoms with Gasteiger partial charge in [0.05, 0.1) is 19.0 Å². The minimum atomic E-state index is -2.53. The van der Waals surface area contributed by atoms with E-state index in [1.807, 2.05) is 12.1 Å². The number of hydrogen-bond acceptors (Lipinski definition) is 6. The summed E-state index contributed by atoms with van der Waals surface area (Å²) in [4.78, 5) is 16.1. The first-order valence-electron chi connectivity index (χ1n) is 12.8.